The first-order valence-electron chi connectivity index (χ1n) is 4.72. The van der Waals surface area contributed by atoms with Crippen molar-refractivity contribution < 1.29 is 9.47 Å². The van der Waals surface area contributed by atoms with Crippen LogP contribution in [0.2, 0.25) is 0 Å². The fraction of sp³-hybridized carbons (Fsp3) is 0.500. The Bertz CT molecular complexity index is 196. The van der Waals surface area contributed by atoms with Crippen molar-refractivity contribution in [3.8, 4) is 11.8 Å². The fourth-order valence-corrected chi connectivity index (χ4v) is 0.766. The average Bonchev–Trinajstić information content (AvgIpc) is 2.18. The lowest BCUT2D eigenvalue weighted by atomic mass is 10.4. The molecule has 0 saturated heterocycles. The Morgan fingerprint density at radius 3 is 2.00 bits per heavy atom. The Hall–Kier alpha value is -1.04. The highest BCUT2D eigenvalue weighted by Gasteiger charge is 2.03. The average molecular weight is 194 g/mol. The van der Waals surface area contributed by atoms with E-state index in [9.17, 15) is 0 Å². The maximum absolute atomic E-state index is 5.37. The first-order valence-corrected chi connectivity index (χ1v) is 4.72. The zero-order valence-electron chi connectivity index (χ0n) is 8.79. The minimum Gasteiger partial charge on any atom is -0.342 e. The van der Waals surface area contributed by atoms with Crippen LogP contribution in [0.5, 0.6) is 0 Å². The van der Waals surface area contributed by atoms with Crippen LogP contribution in [-0.2, 0) is 9.47 Å². The second-order valence-corrected chi connectivity index (χ2v) is 2.62. The molecule has 14 heavy (non-hydrogen) atoms. The summed E-state index contributed by atoms with van der Waals surface area (Å²) in [5.41, 5.74) is 0. The van der Waals surface area contributed by atoms with Crippen LogP contribution in [0.1, 0.15) is 19.8 Å². The van der Waals surface area contributed by atoms with Gasteiger partial charge >= 0.3 is 0 Å². The molecule has 0 unspecified atom stereocenters. The van der Waals surface area contributed by atoms with Crippen molar-refractivity contribution in [2.75, 3.05) is 13.2 Å². The molecule has 0 aromatic rings. The molecule has 78 valence electrons. The first-order chi connectivity index (χ1) is 6.85. The maximum atomic E-state index is 5.37. The van der Waals surface area contributed by atoms with E-state index in [-0.39, 0.29) is 0 Å². The standard InChI is InChI=1S/C12H18O2/c1-4-7-10-13-12(9-6-3)14-11-8-5-2/h4-5,12H,1-2,7-8,10-11H2,3H3. The second kappa shape index (κ2) is 10.0. The van der Waals surface area contributed by atoms with Crippen molar-refractivity contribution in [1.82, 2.24) is 0 Å². The van der Waals surface area contributed by atoms with E-state index < -0.39 is 6.29 Å². The van der Waals surface area contributed by atoms with Gasteiger partial charge in [-0.25, -0.2) is 0 Å². The summed E-state index contributed by atoms with van der Waals surface area (Å²) in [4.78, 5) is 0. The quantitative estimate of drug-likeness (QED) is 0.256. The molecule has 0 saturated carbocycles. The molecule has 2 nitrogen and oxygen atoms in total. The van der Waals surface area contributed by atoms with Crippen LogP contribution < -0.4 is 0 Å². The maximum Gasteiger partial charge on any atom is 0.222 e. The Labute approximate surface area is 86.6 Å². The molecule has 0 amide bonds. The van der Waals surface area contributed by atoms with E-state index in [4.69, 9.17) is 9.47 Å². The number of ether oxygens (including phenoxy) is 2. The fourth-order valence-electron chi connectivity index (χ4n) is 0.766. The molecule has 0 aliphatic heterocycles. The molecule has 0 aromatic heterocycles. The van der Waals surface area contributed by atoms with Crippen molar-refractivity contribution in [1.29, 1.82) is 0 Å². The molecule has 0 N–H and O–H groups in total. The van der Waals surface area contributed by atoms with Gasteiger partial charge in [0.05, 0.1) is 13.2 Å². The zero-order valence-corrected chi connectivity index (χ0v) is 8.79. The summed E-state index contributed by atoms with van der Waals surface area (Å²) >= 11 is 0. The van der Waals surface area contributed by atoms with Gasteiger partial charge in [0, 0.05) is 0 Å². The Balaban J connectivity index is 3.69. The summed E-state index contributed by atoms with van der Waals surface area (Å²) in [7, 11) is 0. The molecule has 2 heteroatoms. The summed E-state index contributed by atoms with van der Waals surface area (Å²) in [6.07, 6.45) is 4.82. The third-order valence-corrected chi connectivity index (χ3v) is 1.44. The SMILES string of the molecule is C=CCCOC(C#CC)OCCC=C. The van der Waals surface area contributed by atoms with E-state index >= 15 is 0 Å². The molecule has 0 aromatic carbocycles. The molecule has 0 fully saturated rings. The van der Waals surface area contributed by atoms with Gasteiger partial charge in [-0.2, -0.15) is 0 Å². The van der Waals surface area contributed by atoms with Gasteiger partial charge in [-0.15, -0.1) is 19.1 Å². The van der Waals surface area contributed by atoms with Gasteiger partial charge in [-0.1, -0.05) is 12.2 Å². The van der Waals surface area contributed by atoms with Crippen LogP contribution in [0.4, 0.5) is 0 Å². The summed E-state index contributed by atoms with van der Waals surface area (Å²) in [6.45, 7) is 10.2. The van der Waals surface area contributed by atoms with Crippen LogP contribution >= 0.6 is 0 Å². The molecule has 0 spiro atoms. The number of hydrogen-bond acceptors (Lipinski definition) is 2. The van der Waals surface area contributed by atoms with E-state index in [1.54, 1.807) is 19.1 Å². The first kappa shape index (κ1) is 13.0. The molecule has 0 aliphatic rings. The van der Waals surface area contributed by atoms with E-state index in [1.165, 1.54) is 0 Å². The molecular weight excluding hydrogens is 176 g/mol. The molecule has 0 atom stereocenters. The summed E-state index contributed by atoms with van der Waals surface area (Å²) < 4.78 is 10.7. The largest absolute Gasteiger partial charge is 0.342 e. The van der Waals surface area contributed by atoms with Gasteiger partial charge in [0.25, 0.3) is 0 Å². The minimum atomic E-state index is -0.417. The highest BCUT2D eigenvalue weighted by Crippen LogP contribution is 1.97. The number of hydrogen-bond donors (Lipinski definition) is 0. The lowest BCUT2D eigenvalue weighted by Gasteiger charge is -2.11. The lowest BCUT2D eigenvalue weighted by Crippen LogP contribution is -2.16. The van der Waals surface area contributed by atoms with Gasteiger partial charge in [-0.05, 0) is 25.7 Å². The molecule has 0 rings (SSSR count). The van der Waals surface area contributed by atoms with E-state index in [0.29, 0.717) is 13.2 Å². The van der Waals surface area contributed by atoms with Crippen LogP contribution in [-0.4, -0.2) is 19.5 Å². The highest BCUT2D eigenvalue weighted by molar-refractivity contribution is 4.98. The van der Waals surface area contributed by atoms with Crippen LogP contribution in [0.3, 0.4) is 0 Å². The van der Waals surface area contributed by atoms with Crippen molar-refractivity contribution in [2.45, 2.75) is 26.1 Å². The third kappa shape index (κ3) is 7.60. The van der Waals surface area contributed by atoms with E-state index in [2.05, 4.69) is 25.0 Å². The summed E-state index contributed by atoms with van der Waals surface area (Å²) in [5.74, 6) is 5.61. The summed E-state index contributed by atoms with van der Waals surface area (Å²) in [6, 6.07) is 0. The minimum absolute atomic E-state index is 0.417. The zero-order chi connectivity index (χ0) is 10.6. The van der Waals surface area contributed by atoms with Crippen molar-refractivity contribution >= 4 is 0 Å². The van der Waals surface area contributed by atoms with E-state index in [1.807, 2.05) is 0 Å². The van der Waals surface area contributed by atoms with E-state index in [0.717, 1.165) is 12.8 Å². The molecule has 0 radical (unpaired) electrons. The molecule has 0 heterocycles. The third-order valence-electron chi connectivity index (χ3n) is 1.44. The van der Waals surface area contributed by atoms with Crippen molar-refractivity contribution in [2.24, 2.45) is 0 Å². The van der Waals surface area contributed by atoms with Gasteiger partial charge in [0.15, 0.2) is 0 Å². The van der Waals surface area contributed by atoms with Crippen LogP contribution in [0.15, 0.2) is 25.3 Å². The smallest absolute Gasteiger partial charge is 0.222 e. The topological polar surface area (TPSA) is 18.5 Å². The highest BCUT2D eigenvalue weighted by atomic mass is 16.7. The predicted octanol–water partition coefficient (Wildman–Crippen LogP) is 2.52. The molecule has 0 bridgehead atoms. The molecular formula is C12H18O2. The Morgan fingerprint density at radius 2 is 1.64 bits per heavy atom. The second-order valence-electron chi connectivity index (χ2n) is 2.62. The normalized spacial score (nSPS) is 9.29. The van der Waals surface area contributed by atoms with Crippen molar-refractivity contribution in [3.63, 3.8) is 0 Å². The van der Waals surface area contributed by atoms with Gasteiger partial charge in [0.2, 0.25) is 6.29 Å². The van der Waals surface area contributed by atoms with Gasteiger partial charge in [-0.3, -0.25) is 0 Å². The van der Waals surface area contributed by atoms with Crippen LogP contribution in [0, 0.1) is 11.8 Å². The molecule has 0 aliphatic carbocycles. The Kier molecular flexibility index (Phi) is 9.30. The predicted molar refractivity (Wildman–Crippen MR) is 58.8 cm³/mol. The van der Waals surface area contributed by atoms with Crippen LogP contribution in [0.25, 0.3) is 0 Å². The number of rotatable bonds is 8. The van der Waals surface area contributed by atoms with Gasteiger partial charge < -0.3 is 9.47 Å². The monoisotopic (exact) mass is 194 g/mol. The summed E-state index contributed by atoms with van der Waals surface area (Å²) in [5, 5.41) is 0. The van der Waals surface area contributed by atoms with Gasteiger partial charge in [0.1, 0.15) is 0 Å². The lowest BCUT2D eigenvalue weighted by molar-refractivity contribution is -0.102. The van der Waals surface area contributed by atoms with Crippen molar-refractivity contribution in [3.05, 3.63) is 25.3 Å². The Morgan fingerprint density at radius 1 is 1.14 bits per heavy atom.